The molecule has 78 valence electrons. The van der Waals surface area contributed by atoms with Crippen LogP contribution in [0.25, 0.3) is 0 Å². The topological polar surface area (TPSA) is 26.0 Å². The van der Waals surface area contributed by atoms with E-state index in [4.69, 9.17) is 5.73 Å². The molecule has 1 atom stereocenters. The van der Waals surface area contributed by atoms with E-state index in [2.05, 4.69) is 0 Å². The second kappa shape index (κ2) is 3.53. The molecule has 6 heteroatoms. The van der Waals surface area contributed by atoms with E-state index in [-0.39, 0.29) is 0 Å². The Hall–Kier alpha value is -1.17. The molecule has 0 amide bonds. The van der Waals surface area contributed by atoms with Crippen molar-refractivity contribution in [2.75, 3.05) is 0 Å². The van der Waals surface area contributed by atoms with E-state index in [9.17, 15) is 22.0 Å². The smallest absolute Gasteiger partial charge is 0.316 e. The Bertz CT molecular complexity index is 333. The zero-order chi connectivity index (χ0) is 10.9. The molecule has 1 nitrogen and oxygen atoms in total. The molecule has 0 saturated heterocycles. The summed E-state index contributed by atoms with van der Waals surface area (Å²) in [5, 5.41) is 0. The number of hydrogen-bond acceptors (Lipinski definition) is 1. The third-order valence-electron chi connectivity index (χ3n) is 1.65. The van der Waals surface area contributed by atoms with E-state index in [0.29, 0.717) is 12.1 Å². The highest BCUT2D eigenvalue weighted by Gasteiger charge is 2.39. The summed E-state index contributed by atoms with van der Waals surface area (Å²) in [6.45, 7) is 0. The summed E-state index contributed by atoms with van der Waals surface area (Å²) < 4.78 is 61.4. The Kier molecular flexibility index (Phi) is 2.75. The zero-order valence-electron chi connectivity index (χ0n) is 6.78. The molecule has 0 aromatic heterocycles. The fourth-order valence-corrected chi connectivity index (χ4v) is 0.929. The molecule has 1 aromatic carbocycles. The summed E-state index contributed by atoms with van der Waals surface area (Å²) in [5.74, 6) is -2.13. The fraction of sp³-hybridized carbons (Fsp3) is 0.250. The van der Waals surface area contributed by atoms with Gasteiger partial charge in [-0.25, -0.2) is 8.78 Å². The quantitative estimate of drug-likeness (QED) is 0.709. The van der Waals surface area contributed by atoms with Gasteiger partial charge in [-0.15, -0.1) is 0 Å². The van der Waals surface area contributed by atoms with Gasteiger partial charge in [-0.1, -0.05) is 0 Å². The van der Waals surface area contributed by atoms with Crippen molar-refractivity contribution in [1.82, 2.24) is 0 Å². The minimum absolute atomic E-state index is 0.438. The van der Waals surface area contributed by atoms with Crippen LogP contribution in [0.1, 0.15) is 11.6 Å². The summed E-state index contributed by atoms with van der Waals surface area (Å²) in [7, 11) is 0. The molecular weight excluding hydrogens is 205 g/mol. The monoisotopic (exact) mass is 211 g/mol. The van der Waals surface area contributed by atoms with Crippen LogP contribution >= 0.6 is 0 Å². The van der Waals surface area contributed by atoms with Crippen molar-refractivity contribution < 1.29 is 22.0 Å². The normalized spacial score (nSPS) is 14.1. The van der Waals surface area contributed by atoms with Crippen molar-refractivity contribution in [2.24, 2.45) is 5.73 Å². The highest BCUT2D eigenvalue weighted by atomic mass is 19.4. The van der Waals surface area contributed by atoms with E-state index in [0.717, 1.165) is 6.07 Å². The van der Waals surface area contributed by atoms with Gasteiger partial charge in [0.15, 0.2) is 0 Å². The molecule has 2 N–H and O–H groups in total. The van der Waals surface area contributed by atoms with Crippen LogP contribution in [-0.4, -0.2) is 6.18 Å². The highest BCUT2D eigenvalue weighted by Crippen LogP contribution is 2.31. The van der Waals surface area contributed by atoms with E-state index >= 15 is 0 Å². The number of benzene rings is 1. The molecule has 1 aromatic rings. The number of alkyl halides is 3. The lowest BCUT2D eigenvalue weighted by Crippen LogP contribution is -2.29. The predicted molar refractivity (Wildman–Crippen MR) is 39.3 cm³/mol. The van der Waals surface area contributed by atoms with Crippen LogP contribution in [0.15, 0.2) is 18.2 Å². The predicted octanol–water partition coefficient (Wildman–Crippen LogP) is 2.53. The summed E-state index contributed by atoms with van der Waals surface area (Å²) in [4.78, 5) is 0. The van der Waals surface area contributed by atoms with E-state index < -0.39 is 29.4 Å². The van der Waals surface area contributed by atoms with Gasteiger partial charge in [-0.3, -0.25) is 0 Å². The van der Waals surface area contributed by atoms with Gasteiger partial charge in [-0.05, 0) is 18.2 Å². The van der Waals surface area contributed by atoms with Crippen LogP contribution in [-0.2, 0) is 0 Å². The first-order valence-corrected chi connectivity index (χ1v) is 3.59. The van der Waals surface area contributed by atoms with Crippen molar-refractivity contribution in [3.63, 3.8) is 0 Å². The summed E-state index contributed by atoms with van der Waals surface area (Å²) in [6.07, 6.45) is -4.78. The lowest BCUT2D eigenvalue weighted by molar-refractivity contribution is -0.149. The first-order chi connectivity index (χ1) is 6.32. The van der Waals surface area contributed by atoms with Gasteiger partial charge in [0, 0.05) is 5.56 Å². The molecule has 0 fully saturated rings. The standard InChI is InChI=1S/C8H6F5N/c9-4-1-2-6(10)5(3-4)7(14)8(11,12)13/h1-3,7H,14H2. The largest absolute Gasteiger partial charge is 0.407 e. The Balaban J connectivity index is 3.12. The van der Waals surface area contributed by atoms with Crippen molar-refractivity contribution in [2.45, 2.75) is 12.2 Å². The molecule has 0 bridgehead atoms. The van der Waals surface area contributed by atoms with Crippen LogP contribution in [0.3, 0.4) is 0 Å². The highest BCUT2D eigenvalue weighted by molar-refractivity contribution is 5.23. The maximum atomic E-state index is 12.8. The minimum Gasteiger partial charge on any atom is -0.316 e. The van der Waals surface area contributed by atoms with Crippen LogP contribution in [0.4, 0.5) is 22.0 Å². The number of hydrogen-bond donors (Lipinski definition) is 1. The van der Waals surface area contributed by atoms with E-state index in [1.54, 1.807) is 0 Å². The van der Waals surface area contributed by atoms with E-state index in [1.807, 2.05) is 0 Å². The summed E-state index contributed by atoms with van der Waals surface area (Å²) >= 11 is 0. The first kappa shape index (κ1) is 10.9. The average molecular weight is 211 g/mol. The van der Waals surface area contributed by atoms with E-state index in [1.165, 1.54) is 0 Å². The van der Waals surface area contributed by atoms with Crippen molar-refractivity contribution in [1.29, 1.82) is 0 Å². The summed E-state index contributed by atoms with van der Waals surface area (Å²) in [5.41, 5.74) is 3.82. The van der Waals surface area contributed by atoms with Crippen molar-refractivity contribution in [3.05, 3.63) is 35.4 Å². The maximum Gasteiger partial charge on any atom is 0.407 e. The lowest BCUT2D eigenvalue weighted by Gasteiger charge is -2.16. The number of halogens is 5. The zero-order valence-corrected chi connectivity index (χ0v) is 6.78. The second-order valence-electron chi connectivity index (χ2n) is 2.69. The summed E-state index contributed by atoms with van der Waals surface area (Å²) in [6, 6.07) is -0.732. The number of rotatable bonds is 1. The van der Waals surface area contributed by atoms with Crippen LogP contribution in [0, 0.1) is 11.6 Å². The van der Waals surface area contributed by atoms with Crippen LogP contribution < -0.4 is 5.73 Å². The Labute approximate surface area is 76.3 Å². The van der Waals surface area contributed by atoms with Crippen LogP contribution in [0.2, 0.25) is 0 Å². The first-order valence-electron chi connectivity index (χ1n) is 3.59. The lowest BCUT2D eigenvalue weighted by atomic mass is 10.1. The molecule has 0 saturated carbocycles. The van der Waals surface area contributed by atoms with Gasteiger partial charge < -0.3 is 5.73 Å². The molecular formula is C8H6F5N. The Morgan fingerprint density at radius 3 is 2.21 bits per heavy atom. The molecule has 1 rings (SSSR count). The Morgan fingerprint density at radius 1 is 1.14 bits per heavy atom. The van der Waals surface area contributed by atoms with Gasteiger partial charge in [0.1, 0.15) is 17.7 Å². The molecule has 0 heterocycles. The molecule has 0 radical (unpaired) electrons. The molecule has 0 aliphatic heterocycles. The number of nitrogens with two attached hydrogens (primary N) is 1. The van der Waals surface area contributed by atoms with Crippen molar-refractivity contribution in [3.8, 4) is 0 Å². The minimum atomic E-state index is -4.78. The SMILES string of the molecule is NC(c1cc(F)ccc1F)C(F)(F)F. The molecule has 1 unspecified atom stereocenters. The van der Waals surface area contributed by atoms with Gasteiger partial charge in [0.25, 0.3) is 0 Å². The van der Waals surface area contributed by atoms with Gasteiger partial charge in [0.2, 0.25) is 0 Å². The van der Waals surface area contributed by atoms with Gasteiger partial charge in [0.05, 0.1) is 0 Å². The van der Waals surface area contributed by atoms with Gasteiger partial charge >= 0.3 is 6.18 Å². The fourth-order valence-electron chi connectivity index (χ4n) is 0.929. The molecule has 0 spiro atoms. The third kappa shape index (κ3) is 2.20. The molecule has 0 aliphatic carbocycles. The second-order valence-corrected chi connectivity index (χ2v) is 2.69. The Morgan fingerprint density at radius 2 is 1.71 bits per heavy atom. The average Bonchev–Trinajstić information content (AvgIpc) is 2.06. The van der Waals surface area contributed by atoms with Crippen molar-refractivity contribution >= 4 is 0 Å². The molecule has 14 heavy (non-hydrogen) atoms. The van der Waals surface area contributed by atoms with Crippen LogP contribution in [0.5, 0.6) is 0 Å². The van der Waals surface area contributed by atoms with Gasteiger partial charge in [-0.2, -0.15) is 13.2 Å². The third-order valence-corrected chi connectivity index (χ3v) is 1.65. The molecule has 0 aliphatic rings. The maximum absolute atomic E-state index is 12.8.